The molecule has 168 valence electrons. The van der Waals surface area contributed by atoms with Crippen LogP contribution in [0.4, 0.5) is 19.0 Å². The second-order valence-electron chi connectivity index (χ2n) is 6.73. The maximum atomic E-state index is 13.3. The van der Waals surface area contributed by atoms with Gasteiger partial charge in [-0.3, -0.25) is 4.79 Å². The molecular formula is C20H23F3N4O3S. The van der Waals surface area contributed by atoms with E-state index in [9.17, 15) is 18.0 Å². The number of anilines is 1. The van der Waals surface area contributed by atoms with Crippen molar-refractivity contribution >= 4 is 23.5 Å². The summed E-state index contributed by atoms with van der Waals surface area (Å²) < 4.78 is 50.1. The van der Waals surface area contributed by atoms with E-state index in [0.29, 0.717) is 50.8 Å². The van der Waals surface area contributed by atoms with E-state index in [4.69, 9.17) is 9.47 Å². The third kappa shape index (κ3) is 6.81. The predicted octanol–water partition coefficient (Wildman–Crippen LogP) is 3.00. The van der Waals surface area contributed by atoms with Crippen LogP contribution < -0.4 is 10.2 Å². The molecule has 0 atom stereocenters. The molecule has 1 aliphatic rings. The van der Waals surface area contributed by atoms with Crippen LogP contribution >= 0.6 is 11.8 Å². The number of aromatic nitrogens is 2. The molecule has 1 aliphatic heterocycles. The van der Waals surface area contributed by atoms with E-state index in [1.807, 2.05) is 0 Å². The Morgan fingerprint density at radius 1 is 1.23 bits per heavy atom. The average molecular weight is 456 g/mol. The van der Waals surface area contributed by atoms with Gasteiger partial charge in [-0.15, -0.1) is 0 Å². The van der Waals surface area contributed by atoms with Crippen molar-refractivity contribution in [1.29, 1.82) is 0 Å². The average Bonchev–Trinajstić information content (AvgIpc) is 2.78. The molecule has 2 aromatic rings. The van der Waals surface area contributed by atoms with Crippen molar-refractivity contribution in [2.45, 2.75) is 17.1 Å². The van der Waals surface area contributed by atoms with Gasteiger partial charge in [0, 0.05) is 44.1 Å². The minimum atomic E-state index is -4.56. The minimum Gasteiger partial charge on any atom is -0.383 e. The van der Waals surface area contributed by atoms with E-state index >= 15 is 0 Å². The quantitative estimate of drug-likeness (QED) is 0.372. The first-order valence-corrected chi connectivity index (χ1v) is 10.6. The zero-order valence-corrected chi connectivity index (χ0v) is 17.8. The van der Waals surface area contributed by atoms with Gasteiger partial charge < -0.3 is 19.7 Å². The van der Waals surface area contributed by atoms with Crippen LogP contribution in [0, 0.1) is 0 Å². The van der Waals surface area contributed by atoms with Crippen molar-refractivity contribution in [3.05, 3.63) is 47.2 Å². The fourth-order valence-electron chi connectivity index (χ4n) is 2.85. The number of hydrogen-bond acceptors (Lipinski definition) is 7. The molecule has 0 radical (unpaired) electrons. The Kier molecular flexibility index (Phi) is 8.10. The standard InChI is InChI=1S/C20H23F3N4O3S/c1-29-9-6-24-18(28)15-4-2-14(3-5-15)13-31-19-25-16(20(21,22)23)12-17(26-19)27-7-10-30-11-8-27/h2-5,12H,6-11,13H2,1H3,(H,24,28). The van der Waals surface area contributed by atoms with Crippen LogP contribution in [-0.2, 0) is 21.4 Å². The molecule has 1 fully saturated rings. The number of halogens is 3. The van der Waals surface area contributed by atoms with Crippen molar-refractivity contribution in [1.82, 2.24) is 15.3 Å². The number of ether oxygens (including phenoxy) is 2. The van der Waals surface area contributed by atoms with E-state index in [0.717, 1.165) is 23.4 Å². The van der Waals surface area contributed by atoms with Crippen molar-refractivity contribution in [2.75, 3.05) is 51.5 Å². The van der Waals surface area contributed by atoms with Crippen LogP contribution in [-0.4, -0.2) is 62.4 Å². The van der Waals surface area contributed by atoms with Crippen LogP contribution in [0.2, 0.25) is 0 Å². The molecule has 1 N–H and O–H groups in total. The molecule has 0 saturated carbocycles. The molecule has 11 heteroatoms. The normalized spacial score (nSPS) is 14.5. The second kappa shape index (κ2) is 10.8. The lowest BCUT2D eigenvalue weighted by atomic mass is 10.1. The summed E-state index contributed by atoms with van der Waals surface area (Å²) in [6.45, 7) is 2.67. The number of nitrogens with zero attached hydrogens (tertiary/aromatic N) is 3. The van der Waals surface area contributed by atoms with Gasteiger partial charge in [0.25, 0.3) is 5.91 Å². The Morgan fingerprint density at radius 3 is 2.58 bits per heavy atom. The first-order valence-electron chi connectivity index (χ1n) is 9.64. The summed E-state index contributed by atoms with van der Waals surface area (Å²) in [4.78, 5) is 21.8. The third-order valence-corrected chi connectivity index (χ3v) is 5.41. The third-order valence-electron chi connectivity index (χ3n) is 4.49. The van der Waals surface area contributed by atoms with Gasteiger partial charge in [0.1, 0.15) is 5.82 Å². The smallest absolute Gasteiger partial charge is 0.383 e. The molecule has 1 aromatic carbocycles. The van der Waals surface area contributed by atoms with E-state index in [2.05, 4.69) is 15.3 Å². The highest BCUT2D eigenvalue weighted by Gasteiger charge is 2.34. The lowest BCUT2D eigenvalue weighted by Crippen LogP contribution is -2.37. The summed E-state index contributed by atoms with van der Waals surface area (Å²) in [7, 11) is 1.55. The highest BCUT2D eigenvalue weighted by atomic mass is 32.2. The van der Waals surface area contributed by atoms with Gasteiger partial charge in [-0.2, -0.15) is 13.2 Å². The number of benzene rings is 1. The molecular weight excluding hydrogens is 433 g/mol. The minimum absolute atomic E-state index is 0.0534. The number of hydrogen-bond donors (Lipinski definition) is 1. The summed E-state index contributed by atoms with van der Waals surface area (Å²) in [5, 5.41) is 2.78. The topological polar surface area (TPSA) is 76.6 Å². The fourth-order valence-corrected chi connectivity index (χ4v) is 3.66. The predicted molar refractivity (Wildman–Crippen MR) is 110 cm³/mol. The van der Waals surface area contributed by atoms with Gasteiger partial charge in [0.05, 0.1) is 19.8 Å². The van der Waals surface area contributed by atoms with Gasteiger partial charge >= 0.3 is 6.18 Å². The number of morpholine rings is 1. The summed E-state index contributed by atoms with van der Waals surface area (Å²) in [6, 6.07) is 7.84. The molecule has 1 amide bonds. The second-order valence-corrected chi connectivity index (χ2v) is 7.67. The Bertz CT molecular complexity index is 875. The van der Waals surface area contributed by atoms with Gasteiger partial charge in [0.15, 0.2) is 10.9 Å². The van der Waals surface area contributed by atoms with Crippen LogP contribution in [0.1, 0.15) is 21.6 Å². The first kappa shape index (κ1) is 23.3. The fraction of sp³-hybridized carbons (Fsp3) is 0.450. The molecule has 1 saturated heterocycles. The maximum absolute atomic E-state index is 13.3. The molecule has 7 nitrogen and oxygen atoms in total. The number of amides is 1. The monoisotopic (exact) mass is 456 g/mol. The van der Waals surface area contributed by atoms with Crippen molar-refractivity contribution < 1.29 is 27.4 Å². The summed E-state index contributed by atoms with van der Waals surface area (Å²) in [5.41, 5.74) is 0.372. The van der Waals surface area contributed by atoms with Crippen LogP contribution in [0.25, 0.3) is 0 Å². The Labute approximate surface area is 182 Å². The van der Waals surface area contributed by atoms with Gasteiger partial charge in [-0.1, -0.05) is 23.9 Å². The largest absolute Gasteiger partial charge is 0.433 e. The molecule has 3 rings (SSSR count). The number of alkyl halides is 3. The van der Waals surface area contributed by atoms with Gasteiger partial charge in [-0.05, 0) is 17.7 Å². The van der Waals surface area contributed by atoms with Crippen LogP contribution in [0.3, 0.4) is 0 Å². The van der Waals surface area contributed by atoms with E-state index in [1.54, 1.807) is 36.3 Å². The molecule has 31 heavy (non-hydrogen) atoms. The number of carbonyl (C=O) groups excluding carboxylic acids is 1. The highest BCUT2D eigenvalue weighted by molar-refractivity contribution is 7.98. The van der Waals surface area contributed by atoms with Crippen LogP contribution in [0.5, 0.6) is 0 Å². The summed E-state index contributed by atoms with van der Waals surface area (Å²) in [5.74, 6) is 0.402. The first-order chi connectivity index (χ1) is 14.9. The Hall–Kier alpha value is -2.37. The Balaban J connectivity index is 1.68. The number of carbonyl (C=O) groups is 1. The van der Waals surface area contributed by atoms with Gasteiger partial charge in [-0.25, -0.2) is 9.97 Å². The molecule has 0 unspecified atom stereocenters. The maximum Gasteiger partial charge on any atom is 0.433 e. The van der Waals surface area contributed by atoms with Crippen molar-refractivity contribution in [2.24, 2.45) is 0 Å². The van der Waals surface area contributed by atoms with E-state index < -0.39 is 11.9 Å². The highest BCUT2D eigenvalue weighted by Crippen LogP contribution is 2.32. The molecule has 0 spiro atoms. The molecule has 1 aromatic heterocycles. The molecule has 0 bridgehead atoms. The molecule has 2 heterocycles. The lowest BCUT2D eigenvalue weighted by Gasteiger charge is -2.28. The SMILES string of the molecule is COCCNC(=O)c1ccc(CSc2nc(N3CCOCC3)cc(C(F)(F)F)n2)cc1. The lowest BCUT2D eigenvalue weighted by molar-refractivity contribution is -0.141. The van der Waals surface area contributed by atoms with Crippen molar-refractivity contribution in [3.63, 3.8) is 0 Å². The van der Waals surface area contributed by atoms with Crippen LogP contribution in [0.15, 0.2) is 35.5 Å². The molecule has 0 aliphatic carbocycles. The van der Waals surface area contributed by atoms with Gasteiger partial charge in [0.2, 0.25) is 0 Å². The zero-order chi connectivity index (χ0) is 22.3. The van der Waals surface area contributed by atoms with E-state index in [-0.39, 0.29) is 16.9 Å². The number of thioether (sulfide) groups is 1. The number of methoxy groups -OCH3 is 1. The number of nitrogens with one attached hydrogen (secondary N) is 1. The van der Waals surface area contributed by atoms with Crippen molar-refractivity contribution in [3.8, 4) is 0 Å². The zero-order valence-electron chi connectivity index (χ0n) is 16.9. The number of rotatable bonds is 8. The summed E-state index contributed by atoms with van der Waals surface area (Å²) in [6.07, 6.45) is -4.56. The van der Waals surface area contributed by atoms with E-state index in [1.165, 1.54) is 0 Å². The summed E-state index contributed by atoms with van der Waals surface area (Å²) >= 11 is 1.12. The Morgan fingerprint density at radius 2 is 1.94 bits per heavy atom.